The molecule has 16 heavy (non-hydrogen) atoms. The Kier molecular flexibility index (Phi) is 4.46. The van der Waals surface area contributed by atoms with Gasteiger partial charge in [0.1, 0.15) is 5.82 Å². The number of pyridine rings is 1. The predicted octanol–water partition coefficient (Wildman–Crippen LogP) is 1.75. The van der Waals surface area contributed by atoms with Crippen molar-refractivity contribution in [1.29, 1.82) is 0 Å². The van der Waals surface area contributed by atoms with E-state index in [4.69, 9.17) is 6.42 Å². The maximum absolute atomic E-state index is 12.8. The molecule has 0 fully saturated rings. The zero-order chi connectivity index (χ0) is 12.0. The molecular weight excluding hydrogens is 207 g/mol. The molecule has 0 saturated carbocycles. The molecule has 1 aromatic rings. The molecule has 0 aromatic carbocycles. The molecule has 1 heterocycles. The van der Waals surface area contributed by atoms with E-state index in [-0.39, 0.29) is 11.6 Å². The molecule has 1 amide bonds. The molecule has 1 rings (SSSR count). The highest BCUT2D eigenvalue weighted by molar-refractivity contribution is 5.94. The van der Waals surface area contributed by atoms with E-state index in [0.29, 0.717) is 6.42 Å². The second kappa shape index (κ2) is 5.86. The first-order valence-corrected chi connectivity index (χ1v) is 5.05. The Balaban J connectivity index is 2.69. The van der Waals surface area contributed by atoms with Crippen LogP contribution in [0.2, 0.25) is 0 Å². The number of hydrogen-bond acceptors (Lipinski definition) is 2. The zero-order valence-electron chi connectivity index (χ0n) is 9.03. The normalized spacial score (nSPS) is 11.6. The molecule has 0 spiro atoms. The second-order valence-electron chi connectivity index (χ2n) is 3.37. The van der Waals surface area contributed by atoms with Crippen LogP contribution >= 0.6 is 0 Å². The van der Waals surface area contributed by atoms with Gasteiger partial charge in [-0.05, 0) is 12.5 Å². The lowest BCUT2D eigenvalue weighted by Crippen LogP contribution is -2.33. The lowest BCUT2D eigenvalue weighted by molar-refractivity contribution is 0.0943. The lowest BCUT2D eigenvalue weighted by Gasteiger charge is -2.11. The van der Waals surface area contributed by atoms with Gasteiger partial charge in [0.05, 0.1) is 17.8 Å². The Labute approximate surface area is 94.1 Å². The Morgan fingerprint density at radius 3 is 3.00 bits per heavy atom. The number of aromatic nitrogens is 1. The molecule has 0 bridgehead atoms. The van der Waals surface area contributed by atoms with Crippen molar-refractivity contribution in [2.24, 2.45) is 0 Å². The van der Waals surface area contributed by atoms with Crippen LogP contribution in [0.3, 0.4) is 0 Å². The molecule has 0 saturated heterocycles. The quantitative estimate of drug-likeness (QED) is 0.785. The Morgan fingerprint density at radius 2 is 2.44 bits per heavy atom. The van der Waals surface area contributed by atoms with Crippen LogP contribution in [0.5, 0.6) is 0 Å². The molecule has 0 radical (unpaired) electrons. The summed E-state index contributed by atoms with van der Waals surface area (Å²) in [6, 6.07) is 0.808. The Morgan fingerprint density at radius 1 is 1.69 bits per heavy atom. The molecule has 0 aliphatic heterocycles. The molecule has 1 atom stereocenters. The fourth-order valence-corrected chi connectivity index (χ4v) is 1.26. The van der Waals surface area contributed by atoms with Crippen molar-refractivity contribution in [3.63, 3.8) is 0 Å². The summed E-state index contributed by atoms with van der Waals surface area (Å²) >= 11 is 0. The van der Waals surface area contributed by atoms with Crippen molar-refractivity contribution >= 4 is 5.91 Å². The fraction of sp³-hybridized carbons (Fsp3) is 0.333. The average Bonchev–Trinajstić information content (AvgIpc) is 2.28. The first kappa shape index (κ1) is 12.2. The average molecular weight is 220 g/mol. The summed E-state index contributed by atoms with van der Waals surface area (Å²) in [5, 5.41) is 2.63. The van der Waals surface area contributed by atoms with Gasteiger partial charge in [0, 0.05) is 6.20 Å². The second-order valence-corrected chi connectivity index (χ2v) is 3.37. The van der Waals surface area contributed by atoms with Crippen LogP contribution in [-0.4, -0.2) is 16.9 Å². The number of terminal acetylenes is 1. The van der Waals surface area contributed by atoms with Gasteiger partial charge in [-0.1, -0.05) is 19.3 Å². The maximum atomic E-state index is 12.8. The van der Waals surface area contributed by atoms with Crippen LogP contribution in [-0.2, 0) is 0 Å². The topological polar surface area (TPSA) is 42.0 Å². The van der Waals surface area contributed by atoms with Crippen molar-refractivity contribution in [2.75, 3.05) is 0 Å². The summed E-state index contributed by atoms with van der Waals surface area (Å²) < 4.78 is 12.8. The van der Waals surface area contributed by atoms with Gasteiger partial charge in [0.15, 0.2) is 0 Å². The van der Waals surface area contributed by atoms with Gasteiger partial charge in [0.25, 0.3) is 5.91 Å². The van der Waals surface area contributed by atoms with Crippen LogP contribution < -0.4 is 5.32 Å². The molecule has 0 aliphatic carbocycles. The summed E-state index contributed by atoms with van der Waals surface area (Å²) in [6.45, 7) is 1.97. The van der Waals surface area contributed by atoms with E-state index >= 15 is 0 Å². The van der Waals surface area contributed by atoms with Crippen molar-refractivity contribution < 1.29 is 9.18 Å². The standard InChI is InChI=1S/C12H13FN2O/c1-3-5-11(4-2)15-12(16)9-6-10(13)8-14-7-9/h2,6-8,11H,3,5H2,1H3,(H,15,16). The van der Waals surface area contributed by atoms with E-state index in [9.17, 15) is 9.18 Å². The van der Waals surface area contributed by atoms with E-state index in [1.165, 1.54) is 6.20 Å². The highest BCUT2D eigenvalue weighted by Crippen LogP contribution is 2.02. The Bertz CT molecular complexity index is 412. The van der Waals surface area contributed by atoms with Crippen LogP contribution in [0, 0.1) is 18.2 Å². The summed E-state index contributed by atoms with van der Waals surface area (Å²) in [5.74, 6) is 1.53. The third-order valence-electron chi connectivity index (χ3n) is 2.05. The van der Waals surface area contributed by atoms with Crippen molar-refractivity contribution in [3.8, 4) is 12.3 Å². The minimum Gasteiger partial charge on any atom is -0.338 e. The molecule has 0 aliphatic rings. The van der Waals surface area contributed by atoms with E-state index in [0.717, 1.165) is 18.7 Å². The van der Waals surface area contributed by atoms with E-state index < -0.39 is 11.7 Å². The number of halogens is 1. The number of nitrogens with one attached hydrogen (secondary N) is 1. The van der Waals surface area contributed by atoms with Gasteiger partial charge in [-0.25, -0.2) is 4.39 Å². The maximum Gasteiger partial charge on any atom is 0.253 e. The summed E-state index contributed by atoms with van der Waals surface area (Å²) in [5.41, 5.74) is 0.177. The summed E-state index contributed by atoms with van der Waals surface area (Å²) in [6.07, 6.45) is 9.18. The number of hydrogen-bond donors (Lipinski definition) is 1. The molecule has 4 heteroatoms. The number of nitrogens with zero attached hydrogens (tertiary/aromatic N) is 1. The van der Waals surface area contributed by atoms with Crippen molar-refractivity contribution in [3.05, 3.63) is 29.8 Å². The van der Waals surface area contributed by atoms with Gasteiger partial charge in [-0.3, -0.25) is 9.78 Å². The largest absolute Gasteiger partial charge is 0.338 e. The fourth-order valence-electron chi connectivity index (χ4n) is 1.26. The first-order valence-electron chi connectivity index (χ1n) is 5.05. The SMILES string of the molecule is C#CC(CCC)NC(=O)c1cncc(F)c1. The minimum atomic E-state index is -0.541. The van der Waals surface area contributed by atoms with Crippen molar-refractivity contribution in [2.45, 2.75) is 25.8 Å². The van der Waals surface area contributed by atoms with Crippen LogP contribution in [0.25, 0.3) is 0 Å². The Hall–Kier alpha value is -1.89. The molecule has 1 aromatic heterocycles. The molecular formula is C12H13FN2O. The van der Waals surface area contributed by atoms with E-state index in [1.807, 2.05) is 6.92 Å². The highest BCUT2D eigenvalue weighted by atomic mass is 19.1. The number of amides is 1. The smallest absolute Gasteiger partial charge is 0.253 e. The van der Waals surface area contributed by atoms with Crippen LogP contribution in [0.1, 0.15) is 30.1 Å². The van der Waals surface area contributed by atoms with Gasteiger partial charge < -0.3 is 5.32 Å². The van der Waals surface area contributed by atoms with Gasteiger partial charge in [0.2, 0.25) is 0 Å². The predicted molar refractivity (Wildman–Crippen MR) is 59.2 cm³/mol. The summed E-state index contributed by atoms with van der Waals surface area (Å²) in [7, 11) is 0. The molecule has 1 unspecified atom stereocenters. The zero-order valence-corrected chi connectivity index (χ0v) is 9.03. The number of rotatable bonds is 4. The summed E-state index contributed by atoms with van der Waals surface area (Å²) in [4.78, 5) is 15.2. The van der Waals surface area contributed by atoms with E-state index in [2.05, 4.69) is 16.2 Å². The molecule has 3 nitrogen and oxygen atoms in total. The first-order chi connectivity index (χ1) is 7.67. The van der Waals surface area contributed by atoms with Crippen molar-refractivity contribution in [1.82, 2.24) is 10.3 Å². The van der Waals surface area contributed by atoms with Gasteiger partial charge >= 0.3 is 0 Å². The number of carbonyl (C=O) groups is 1. The van der Waals surface area contributed by atoms with Crippen LogP contribution in [0.15, 0.2) is 18.5 Å². The lowest BCUT2D eigenvalue weighted by atomic mass is 10.1. The highest BCUT2D eigenvalue weighted by Gasteiger charge is 2.11. The van der Waals surface area contributed by atoms with Gasteiger partial charge in [-0.15, -0.1) is 6.42 Å². The van der Waals surface area contributed by atoms with E-state index in [1.54, 1.807) is 0 Å². The molecule has 84 valence electrons. The number of carbonyl (C=O) groups excluding carboxylic acids is 1. The minimum absolute atomic E-state index is 0.177. The third-order valence-corrected chi connectivity index (χ3v) is 2.05. The molecule has 1 N–H and O–H groups in total. The third kappa shape index (κ3) is 3.35. The monoisotopic (exact) mass is 220 g/mol. The van der Waals surface area contributed by atoms with Gasteiger partial charge in [-0.2, -0.15) is 0 Å². The van der Waals surface area contributed by atoms with Crippen LogP contribution in [0.4, 0.5) is 4.39 Å².